The summed E-state index contributed by atoms with van der Waals surface area (Å²) in [6.07, 6.45) is 1.93. The quantitative estimate of drug-likeness (QED) is 0.644. The highest BCUT2D eigenvalue weighted by molar-refractivity contribution is 5.99. The second-order valence-electron chi connectivity index (χ2n) is 8.62. The van der Waals surface area contributed by atoms with Crippen LogP contribution >= 0.6 is 0 Å². The molecule has 162 valence electrons. The highest BCUT2D eigenvalue weighted by Crippen LogP contribution is 2.23. The van der Waals surface area contributed by atoms with E-state index in [2.05, 4.69) is 24.1 Å². The van der Waals surface area contributed by atoms with Crippen molar-refractivity contribution in [2.45, 2.75) is 45.3 Å². The van der Waals surface area contributed by atoms with Gasteiger partial charge in [0.25, 0.3) is 5.91 Å². The van der Waals surface area contributed by atoms with Crippen LogP contribution in [0.3, 0.4) is 0 Å². The third kappa shape index (κ3) is 4.64. The molecular formula is C25H30N4O2. The molecule has 0 spiro atoms. The summed E-state index contributed by atoms with van der Waals surface area (Å²) in [7, 11) is 0. The third-order valence-corrected chi connectivity index (χ3v) is 6.19. The zero-order chi connectivity index (χ0) is 22.0. The van der Waals surface area contributed by atoms with Crippen LogP contribution in [-0.2, 0) is 6.54 Å². The van der Waals surface area contributed by atoms with Gasteiger partial charge in [-0.15, -0.1) is 0 Å². The standard InChI is InChI=1S/C25H30N4O2/c1-17(2)28-12-10-21(11-13-28)27-25(31)23-15-19-7-3-4-9-22(19)29(23)16-18-6-5-8-20(14-18)24(26)30/h3-9,14-15,17,21H,10-13,16H2,1-2H3,(H2,26,30)(H,27,31). The lowest BCUT2D eigenvalue weighted by Gasteiger charge is -2.34. The molecule has 6 heteroatoms. The minimum absolute atomic E-state index is 0.0507. The highest BCUT2D eigenvalue weighted by atomic mass is 16.2. The van der Waals surface area contributed by atoms with Gasteiger partial charge in [-0.2, -0.15) is 0 Å². The number of likely N-dealkylation sites (tertiary alicyclic amines) is 1. The van der Waals surface area contributed by atoms with Gasteiger partial charge in [0.15, 0.2) is 0 Å². The van der Waals surface area contributed by atoms with Crippen molar-refractivity contribution in [2.24, 2.45) is 5.73 Å². The number of piperidine rings is 1. The zero-order valence-electron chi connectivity index (χ0n) is 18.2. The van der Waals surface area contributed by atoms with Gasteiger partial charge in [0, 0.05) is 48.2 Å². The minimum atomic E-state index is -0.454. The van der Waals surface area contributed by atoms with Gasteiger partial charge < -0.3 is 20.5 Å². The maximum atomic E-state index is 13.3. The van der Waals surface area contributed by atoms with Crippen molar-refractivity contribution < 1.29 is 9.59 Å². The second-order valence-corrected chi connectivity index (χ2v) is 8.62. The Morgan fingerprint density at radius 2 is 1.81 bits per heavy atom. The molecule has 1 saturated heterocycles. The van der Waals surface area contributed by atoms with Crippen molar-refractivity contribution in [1.82, 2.24) is 14.8 Å². The molecule has 0 bridgehead atoms. The van der Waals surface area contributed by atoms with Crippen LogP contribution < -0.4 is 11.1 Å². The molecule has 1 fully saturated rings. The van der Waals surface area contributed by atoms with Crippen LogP contribution in [0.4, 0.5) is 0 Å². The number of nitrogens with one attached hydrogen (secondary N) is 1. The van der Waals surface area contributed by atoms with E-state index in [1.165, 1.54) is 0 Å². The highest BCUT2D eigenvalue weighted by Gasteiger charge is 2.24. The maximum absolute atomic E-state index is 13.3. The molecule has 2 amide bonds. The summed E-state index contributed by atoms with van der Waals surface area (Å²) in [4.78, 5) is 27.3. The number of primary amides is 1. The zero-order valence-corrected chi connectivity index (χ0v) is 18.2. The number of fused-ring (bicyclic) bond motifs is 1. The van der Waals surface area contributed by atoms with Gasteiger partial charge in [-0.05, 0) is 56.5 Å². The molecule has 0 saturated carbocycles. The van der Waals surface area contributed by atoms with Gasteiger partial charge in [0.05, 0.1) is 0 Å². The Morgan fingerprint density at radius 1 is 1.06 bits per heavy atom. The summed E-state index contributed by atoms with van der Waals surface area (Å²) in [6, 6.07) is 17.9. The summed E-state index contributed by atoms with van der Waals surface area (Å²) >= 11 is 0. The molecule has 0 atom stereocenters. The van der Waals surface area contributed by atoms with Gasteiger partial charge >= 0.3 is 0 Å². The summed E-state index contributed by atoms with van der Waals surface area (Å²) < 4.78 is 2.02. The van der Waals surface area contributed by atoms with E-state index in [0.29, 0.717) is 23.8 Å². The number of rotatable bonds is 6. The Labute approximate surface area is 183 Å². The van der Waals surface area contributed by atoms with Crippen LogP contribution in [-0.4, -0.2) is 46.5 Å². The van der Waals surface area contributed by atoms with Crippen LogP contribution in [0.1, 0.15) is 53.1 Å². The summed E-state index contributed by atoms with van der Waals surface area (Å²) in [5, 5.41) is 4.27. The Balaban J connectivity index is 1.59. The van der Waals surface area contributed by atoms with Crippen molar-refractivity contribution in [3.8, 4) is 0 Å². The molecular weight excluding hydrogens is 388 g/mol. The number of para-hydroxylation sites is 1. The molecule has 0 aliphatic carbocycles. The van der Waals surface area contributed by atoms with Crippen molar-refractivity contribution in [2.75, 3.05) is 13.1 Å². The average molecular weight is 419 g/mol. The van der Waals surface area contributed by atoms with E-state index < -0.39 is 5.91 Å². The number of nitrogens with two attached hydrogens (primary N) is 1. The first kappa shape index (κ1) is 21.1. The fourth-order valence-corrected chi connectivity index (χ4v) is 4.39. The number of carbonyl (C=O) groups is 2. The van der Waals surface area contributed by atoms with Crippen molar-refractivity contribution >= 4 is 22.7 Å². The molecule has 4 rings (SSSR count). The van der Waals surface area contributed by atoms with Gasteiger partial charge in [0.2, 0.25) is 5.91 Å². The number of benzene rings is 2. The molecule has 1 aliphatic heterocycles. The van der Waals surface area contributed by atoms with E-state index in [-0.39, 0.29) is 11.9 Å². The first-order valence-electron chi connectivity index (χ1n) is 10.9. The number of hydrogen-bond donors (Lipinski definition) is 2. The molecule has 0 unspecified atom stereocenters. The second kappa shape index (κ2) is 8.94. The van der Waals surface area contributed by atoms with Gasteiger partial charge in [-0.1, -0.05) is 30.3 Å². The first-order chi connectivity index (χ1) is 14.9. The summed E-state index contributed by atoms with van der Waals surface area (Å²) in [6.45, 7) is 6.93. The SMILES string of the molecule is CC(C)N1CCC(NC(=O)c2cc3ccccc3n2Cc2cccc(C(N)=O)c2)CC1. The molecule has 0 radical (unpaired) electrons. The van der Waals surface area contributed by atoms with Crippen LogP contribution in [0.25, 0.3) is 10.9 Å². The predicted molar refractivity (Wildman–Crippen MR) is 123 cm³/mol. The van der Waals surface area contributed by atoms with Crippen LogP contribution in [0.15, 0.2) is 54.6 Å². The molecule has 2 aromatic carbocycles. The fraction of sp³-hybridized carbons (Fsp3) is 0.360. The lowest BCUT2D eigenvalue weighted by Crippen LogP contribution is -2.46. The largest absolute Gasteiger partial charge is 0.366 e. The van der Waals surface area contributed by atoms with Gasteiger partial charge in [-0.25, -0.2) is 0 Å². The molecule has 1 aromatic heterocycles. The number of hydrogen-bond acceptors (Lipinski definition) is 3. The predicted octanol–water partition coefficient (Wildman–Crippen LogP) is 3.39. The molecule has 31 heavy (non-hydrogen) atoms. The lowest BCUT2D eigenvalue weighted by atomic mass is 10.0. The van der Waals surface area contributed by atoms with E-state index in [4.69, 9.17) is 5.73 Å². The Hall–Kier alpha value is -3.12. The number of nitrogens with zero attached hydrogens (tertiary/aromatic N) is 2. The summed E-state index contributed by atoms with van der Waals surface area (Å²) in [5.41, 5.74) is 8.47. The minimum Gasteiger partial charge on any atom is -0.366 e. The number of aromatic nitrogens is 1. The van der Waals surface area contributed by atoms with E-state index in [1.54, 1.807) is 12.1 Å². The van der Waals surface area contributed by atoms with Crippen molar-refractivity contribution in [3.63, 3.8) is 0 Å². The van der Waals surface area contributed by atoms with Crippen LogP contribution in [0, 0.1) is 0 Å². The van der Waals surface area contributed by atoms with E-state index in [1.807, 2.05) is 47.0 Å². The normalized spacial score (nSPS) is 15.5. The summed E-state index contributed by atoms with van der Waals surface area (Å²) in [5.74, 6) is -0.504. The average Bonchev–Trinajstić information content (AvgIpc) is 3.13. The molecule has 3 N–H and O–H groups in total. The van der Waals surface area contributed by atoms with Gasteiger partial charge in [-0.3, -0.25) is 9.59 Å². The van der Waals surface area contributed by atoms with Crippen molar-refractivity contribution in [1.29, 1.82) is 0 Å². The molecule has 3 aromatic rings. The third-order valence-electron chi connectivity index (χ3n) is 6.19. The molecule has 1 aliphatic rings. The van der Waals surface area contributed by atoms with E-state index in [9.17, 15) is 9.59 Å². The molecule has 2 heterocycles. The number of carbonyl (C=O) groups excluding carboxylic acids is 2. The van der Waals surface area contributed by atoms with Gasteiger partial charge in [0.1, 0.15) is 5.69 Å². The molecule has 6 nitrogen and oxygen atoms in total. The monoisotopic (exact) mass is 418 g/mol. The van der Waals surface area contributed by atoms with E-state index in [0.717, 1.165) is 42.4 Å². The fourth-order valence-electron chi connectivity index (χ4n) is 4.39. The first-order valence-corrected chi connectivity index (χ1v) is 10.9. The topological polar surface area (TPSA) is 80.4 Å². The lowest BCUT2D eigenvalue weighted by molar-refractivity contribution is 0.0891. The van der Waals surface area contributed by atoms with Crippen LogP contribution in [0.2, 0.25) is 0 Å². The number of amides is 2. The van der Waals surface area contributed by atoms with E-state index >= 15 is 0 Å². The van der Waals surface area contributed by atoms with Crippen molar-refractivity contribution in [3.05, 3.63) is 71.4 Å². The Bertz CT molecular complexity index is 1090. The van der Waals surface area contributed by atoms with Crippen LogP contribution in [0.5, 0.6) is 0 Å². The maximum Gasteiger partial charge on any atom is 0.268 e. The Morgan fingerprint density at radius 3 is 2.52 bits per heavy atom. The smallest absolute Gasteiger partial charge is 0.268 e. The Kier molecular flexibility index (Phi) is 6.09.